The van der Waals surface area contributed by atoms with Gasteiger partial charge in [0.25, 0.3) is 5.56 Å². The largest absolute Gasteiger partial charge is 0.355 e. The average Bonchev–Trinajstić information content (AvgIpc) is 3.33. The SMILES string of the molecule is CC1=CC(c2cc(S(C)(=O)=O)ccc2Nc2ccc(F)cc2)=CCC1(C)S(=O)(=O)n1ccc2cc[nH]c(=O)c21. The van der Waals surface area contributed by atoms with Crippen LogP contribution in [0.15, 0.2) is 94.4 Å². The first-order valence-corrected chi connectivity index (χ1v) is 15.3. The smallest absolute Gasteiger partial charge is 0.273 e. The lowest BCUT2D eigenvalue weighted by atomic mass is 9.87. The van der Waals surface area contributed by atoms with E-state index in [9.17, 15) is 26.0 Å². The molecule has 39 heavy (non-hydrogen) atoms. The van der Waals surface area contributed by atoms with Gasteiger partial charge in [0.2, 0.25) is 10.0 Å². The first kappa shape index (κ1) is 26.6. The maximum atomic E-state index is 13.9. The molecule has 1 atom stereocenters. The Balaban J connectivity index is 1.58. The summed E-state index contributed by atoms with van der Waals surface area (Å²) in [6.45, 7) is 3.31. The van der Waals surface area contributed by atoms with Gasteiger partial charge in [-0.25, -0.2) is 25.2 Å². The molecule has 1 aliphatic carbocycles. The molecule has 0 saturated heterocycles. The minimum atomic E-state index is -4.08. The Morgan fingerprint density at radius 3 is 2.41 bits per heavy atom. The summed E-state index contributed by atoms with van der Waals surface area (Å²) in [6.07, 6.45) is 7.50. The van der Waals surface area contributed by atoms with E-state index in [0.29, 0.717) is 33.5 Å². The van der Waals surface area contributed by atoms with Crippen LogP contribution >= 0.6 is 0 Å². The molecule has 2 heterocycles. The summed E-state index contributed by atoms with van der Waals surface area (Å²) in [6, 6.07) is 13.6. The zero-order valence-corrected chi connectivity index (χ0v) is 23.0. The van der Waals surface area contributed by atoms with E-state index in [-0.39, 0.29) is 22.7 Å². The van der Waals surface area contributed by atoms with Crippen molar-refractivity contribution >= 4 is 47.7 Å². The summed E-state index contributed by atoms with van der Waals surface area (Å²) in [7, 11) is -7.61. The molecule has 0 spiro atoms. The number of fused-ring (bicyclic) bond motifs is 1. The number of halogens is 1. The molecule has 0 bridgehead atoms. The number of nitrogens with zero attached hydrogens (tertiary/aromatic N) is 1. The van der Waals surface area contributed by atoms with Gasteiger partial charge in [0.15, 0.2) is 9.84 Å². The second-order valence-electron chi connectivity index (χ2n) is 9.76. The fourth-order valence-electron chi connectivity index (χ4n) is 4.68. The van der Waals surface area contributed by atoms with Gasteiger partial charge in [0.1, 0.15) is 16.1 Å². The predicted octanol–water partition coefficient (Wildman–Crippen LogP) is 4.99. The molecule has 11 heteroatoms. The fraction of sp³-hybridized carbons (Fsp3) is 0.179. The van der Waals surface area contributed by atoms with Crippen LogP contribution in [-0.4, -0.2) is 36.8 Å². The number of H-pyrrole nitrogens is 1. The molecule has 1 unspecified atom stereocenters. The molecular weight excluding hydrogens is 541 g/mol. The summed E-state index contributed by atoms with van der Waals surface area (Å²) in [4.78, 5) is 15.1. The summed E-state index contributed by atoms with van der Waals surface area (Å²) in [5.74, 6) is -0.389. The second kappa shape index (κ2) is 9.35. The summed E-state index contributed by atoms with van der Waals surface area (Å²) in [5.41, 5.74) is 2.40. The quantitative estimate of drug-likeness (QED) is 0.339. The highest BCUT2D eigenvalue weighted by atomic mass is 32.2. The van der Waals surface area contributed by atoms with Gasteiger partial charge in [0, 0.05) is 41.0 Å². The third-order valence-corrected chi connectivity index (χ3v) is 10.7. The van der Waals surface area contributed by atoms with Crippen LogP contribution < -0.4 is 10.9 Å². The van der Waals surface area contributed by atoms with Crippen LogP contribution in [0.3, 0.4) is 0 Å². The number of sulfone groups is 1. The highest BCUT2D eigenvalue weighted by Gasteiger charge is 2.43. The Morgan fingerprint density at radius 1 is 1.03 bits per heavy atom. The van der Waals surface area contributed by atoms with E-state index < -0.39 is 30.2 Å². The first-order chi connectivity index (χ1) is 18.3. The van der Waals surface area contributed by atoms with E-state index in [1.165, 1.54) is 36.7 Å². The number of rotatable bonds is 6. The molecule has 202 valence electrons. The van der Waals surface area contributed by atoms with Crippen molar-refractivity contribution in [2.45, 2.75) is 29.9 Å². The van der Waals surface area contributed by atoms with Crippen LogP contribution in [0.1, 0.15) is 25.8 Å². The van der Waals surface area contributed by atoms with Crippen molar-refractivity contribution in [3.05, 3.63) is 106 Å². The molecule has 0 fully saturated rings. The number of benzene rings is 2. The molecular formula is C28H26FN3O5S2. The minimum absolute atomic E-state index is 0.0490. The lowest BCUT2D eigenvalue weighted by molar-refractivity contribution is 0.547. The van der Waals surface area contributed by atoms with Crippen LogP contribution in [0, 0.1) is 5.82 Å². The third-order valence-electron chi connectivity index (χ3n) is 7.18. The van der Waals surface area contributed by atoms with Crippen LogP contribution in [0.2, 0.25) is 0 Å². The lowest BCUT2D eigenvalue weighted by Crippen LogP contribution is -2.41. The van der Waals surface area contributed by atoms with Crippen molar-refractivity contribution < 1.29 is 21.2 Å². The number of allylic oxidation sites excluding steroid dienone is 3. The van der Waals surface area contributed by atoms with Crippen molar-refractivity contribution in [1.29, 1.82) is 0 Å². The third kappa shape index (κ3) is 4.61. The standard InChI is InChI=1S/C28H26FN3O5S2/c1-18-16-20(10-13-28(18,2)39(36,37)32-15-12-19-11-14-30-27(33)26(19)32)24-17-23(38(3,34)35)8-9-25(24)31-22-6-4-21(29)5-7-22/h4-12,14-17,31H,13H2,1-3H3,(H,30,33). The Morgan fingerprint density at radius 2 is 1.74 bits per heavy atom. The van der Waals surface area contributed by atoms with Gasteiger partial charge in [-0.3, -0.25) is 4.79 Å². The highest BCUT2D eigenvalue weighted by Crippen LogP contribution is 2.41. The van der Waals surface area contributed by atoms with E-state index >= 15 is 0 Å². The van der Waals surface area contributed by atoms with Gasteiger partial charge < -0.3 is 10.3 Å². The molecule has 2 N–H and O–H groups in total. The van der Waals surface area contributed by atoms with E-state index in [1.54, 1.807) is 56.3 Å². The lowest BCUT2D eigenvalue weighted by Gasteiger charge is -2.33. The van der Waals surface area contributed by atoms with E-state index in [1.807, 2.05) is 0 Å². The zero-order valence-electron chi connectivity index (χ0n) is 21.4. The molecule has 2 aromatic carbocycles. The fourth-order valence-corrected chi connectivity index (χ4v) is 7.18. The van der Waals surface area contributed by atoms with Crippen LogP contribution in [0.4, 0.5) is 15.8 Å². The molecule has 5 rings (SSSR count). The zero-order chi connectivity index (χ0) is 28.2. The first-order valence-electron chi connectivity index (χ1n) is 12.0. The van der Waals surface area contributed by atoms with Crippen molar-refractivity contribution in [3.8, 4) is 0 Å². The second-order valence-corrected chi connectivity index (χ2v) is 14.0. The van der Waals surface area contributed by atoms with Crippen molar-refractivity contribution in [2.24, 2.45) is 0 Å². The number of hydrogen-bond donors (Lipinski definition) is 2. The Labute approximate surface area is 225 Å². The maximum Gasteiger partial charge on any atom is 0.273 e. The molecule has 2 aromatic heterocycles. The van der Waals surface area contributed by atoms with Gasteiger partial charge in [-0.2, -0.15) is 0 Å². The topological polar surface area (TPSA) is 118 Å². The Bertz CT molecular complexity index is 1950. The maximum absolute atomic E-state index is 13.9. The number of anilines is 2. The van der Waals surface area contributed by atoms with Gasteiger partial charge in [-0.1, -0.05) is 12.2 Å². The number of aromatic nitrogens is 2. The van der Waals surface area contributed by atoms with Crippen LogP contribution in [-0.2, 0) is 19.9 Å². The average molecular weight is 568 g/mol. The molecule has 1 aliphatic rings. The van der Waals surface area contributed by atoms with Crippen LogP contribution in [0.5, 0.6) is 0 Å². The van der Waals surface area contributed by atoms with E-state index in [2.05, 4.69) is 10.3 Å². The number of pyridine rings is 1. The highest BCUT2D eigenvalue weighted by molar-refractivity contribution is 7.91. The van der Waals surface area contributed by atoms with Gasteiger partial charge >= 0.3 is 0 Å². The minimum Gasteiger partial charge on any atom is -0.355 e. The van der Waals surface area contributed by atoms with Crippen molar-refractivity contribution in [2.75, 3.05) is 11.6 Å². The molecule has 8 nitrogen and oxygen atoms in total. The Kier molecular flexibility index (Phi) is 6.39. The summed E-state index contributed by atoms with van der Waals surface area (Å²) >= 11 is 0. The number of nitrogens with one attached hydrogen (secondary N) is 2. The Hall–Kier alpha value is -3.96. The number of hydrogen-bond acceptors (Lipinski definition) is 6. The summed E-state index contributed by atoms with van der Waals surface area (Å²) in [5, 5.41) is 3.71. The van der Waals surface area contributed by atoms with Crippen LogP contribution in [0.25, 0.3) is 16.5 Å². The van der Waals surface area contributed by atoms with Gasteiger partial charge in [-0.05, 0) is 86.0 Å². The molecule has 0 amide bonds. The molecule has 4 aromatic rings. The van der Waals surface area contributed by atoms with Crippen molar-refractivity contribution in [1.82, 2.24) is 8.96 Å². The predicted molar refractivity (Wildman–Crippen MR) is 151 cm³/mol. The van der Waals surface area contributed by atoms with Gasteiger partial charge in [0.05, 0.1) is 4.90 Å². The van der Waals surface area contributed by atoms with Gasteiger partial charge in [-0.15, -0.1) is 0 Å². The number of aromatic amines is 1. The monoisotopic (exact) mass is 567 g/mol. The van der Waals surface area contributed by atoms with E-state index in [0.717, 1.165) is 10.2 Å². The molecule has 0 radical (unpaired) electrons. The molecule has 0 aliphatic heterocycles. The molecule has 0 saturated carbocycles. The normalized spacial score (nSPS) is 18.1. The van der Waals surface area contributed by atoms with E-state index in [4.69, 9.17) is 0 Å². The van der Waals surface area contributed by atoms with Crippen molar-refractivity contribution in [3.63, 3.8) is 0 Å². The summed E-state index contributed by atoms with van der Waals surface area (Å²) < 4.78 is 65.6.